The molecule has 0 heterocycles. The summed E-state index contributed by atoms with van der Waals surface area (Å²) in [6, 6.07) is 79.6. The molecule has 13 rings (SSSR count). The summed E-state index contributed by atoms with van der Waals surface area (Å²) in [5.74, 6) is 0. The van der Waals surface area contributed by atoms with Crippen LogP contribution in [0.25, 0.3) is 88.7 Å². The van der Waals surface area contributed by atoms with Gasteiger partial charge in [0, 0.05) is 27.9 Å². The molecule has 3 aliphatic rings. The van der Waals surface area contributed by atoms with E-state index in [1.165, 1.54) is 111 Å². The standard InChI is InChI=1S/C64H47N/c1-63(2)57-25-10-8-19-48(57)50-35-32-45(38-59(50)63)65(46-33-36-51-49-20-9-11-26-58(49)64(3,4)60(51)39-46)44-30-27-41(28-31-44)56-37-43(40-15-6-5-7-16-40)29-34-47(56)52-22-14-23-54-53-21-12-17-42-18-13-24-55(61(42)53)62(52)54/h5-39H,1-4H3. The molecule has 1 nitrogen and oxygen atoms in total. The first-order chi connectivity index (χ1) is 31.8. The maximum absolute atomic E-state index is 2.48. The Morgan fingerprint density at radius 3 is 1.37 bits per heavy atom. The zero-order chi connectivity index (χ0) is 43.6. The summed E-state index contributed by atoms with van der Waals surface area (Å²) in [6.07, 6.45) is 0. The van der Waals surface area contributed by atoms with Crippen LogP contribution in [0.2, 0.25) is 0 Å². The lowest BCUT2D eigenvalue weighted by molar-refractivity contribution is 0.660. The van der Waals surface area contributed by atoms with Crippen LogP contribution in [0.1, 0.15) is 49.9 Å². The van der Waals surface area contributed by atoms with E-state index in [0.717, 1.165) is 17.1 Å². The second-order valence-corrected chi connectivity index (χ2v) is 19.2. The Morgan fingerprint density at radius 2 is 0.738 bits per heavy atom. The van der Waals surface area contributed by atoms with Gasteiger partial charge in [0.05, 0.1) is 0 Å². The van der Waals surface area contributed by atoms with E-state index in [1.54, 1.807) is 0 Å². The average molecular weight is 830 g/mol. The number of benzene rings is 10. The normalized spacial score (nSPS) is 14.1. The summed E-state index contributed by atoms with van der Waals surface area (Å²) in [7, 11) is 0. The van der Waals surface area contributed by atoms with Crippen molar-refractivity contribution in [3.05, 3.63) is 235 Å². The van der Waals surface area contributed by atoms with Crippen LogP contribution in [0.15, 0.2) is 212 Å². The molecule has 0 aliphatic heterocycles. The molecule has 3 aliphatic carbocycles. The maximum atomic E-state index is 2.48. The Hall–Kier alpha value is -7.74. The molecule has 0 radical (unpaired) electrons. The van der Waals surface area contributed by atoms with Crippen molar-refractivity contribution in [3.63, 3.8) is 0 Å². The number of fused-ring (bicyclic) bond motifs is 9. The lowest BCUT2D eigenvalue weighted by Crippen LogP contribution is -2.18. The molecule has 0 unspecified atom stereocenters. The molecule has 0 amide bonds. The summed E-state index contributed by atoms with van der Waals surface area (Å²) < 4.78 is 0. The summed E-state index contributed by atoms with van der Waals surface area (Å²) in [5, 5.41) is 2.64. The minimum absolute atomic E-state index is 0.121. The molecule has 10 aromatic rings. The van der Waals surface area contributed by atoms with Gasteiger partial charge in [-0.15, -0.1) is 0 Å². The van der Waals surface area contributed by atoms with Crippen LogP contribution in [-0.4, -0.2) is 0 Å². The number of hydrogen-bond acceptors (Lipinski definition) is 1. The minimum Gasteiger partial charge on any atom is -0.310 e. The third-order valence-corrected chi connectivity index (χ3v) is 15.0. The Balaban J connectivity index is 0.982. The van der Waals surface area contributed by atoms with Crippen molar-refractivity contribution in [1.82, 2.24) is 0 Å². The molecule has 1 heteroatoms. The Labute approximate surface area is 382 Å². The van der Waals surface area contributed by atoms with Crippen LogP contribution >= 0.6 is 0 Å². The largest absolute Gasteiger partial charge is 0.310 e. The van der Waals surface area contributed by atoms with Gasteiger partial charge in [0.25, 0.3) is 0 Å². The highest BCUT2D eigenvalue weighted by atomic mass is 15.1. The number of anilines is 3. The van der Waals surface area contributed by atoms with E-state index in [-0.39, 0.29) is 10.8 Å². The first-order valence-corrected chi connectivity index (χ1v) is 23.0. The lowest BCUT2D eigenvalue weighted by atomic mass is 9.82. The molecule has 0 saturated heterocycles. The summed E-state index contributed by atoms with van der Waals surface area (Å²) >= 11 is 0. The van der Waals surface area contributed by atoms with Crippen LogP contribution in [0.4, 0.5) is 17.1 Å². The van der Waals surface area contributed by atoms with Crippen LogP contribution in [0.5, 0.6) is 0 Å². The van der Waals surface area contributed by atoms with Gasteiger partial charge < -0.3 is 4.90 Å². The van der Waals surface area contributed by atoms with E-state index >= 15 is 0 Å². The highest BCUT2D eigenvalue weighted by Crippen LogP contribution is 2.55. The molecule has 0 aromatic heterocycles. The van der Waals surface area contributed by atoms with Crippen molar-refractivity contribution in [1.29, 1.82) is 0 Å². The minimum atomic E-state index is -0.121. The molecular weight excluding hydrogens is 783 g/mol. The van der Waals surface area contributed by atoms with Crippen LogP contribution < -0.4 is 4.90 Å². The number of nitrogens with zero attached hydrogens (tertiary/aromatic N) is 1. The third-order valence-electron chi connectivity index (χ3n) is 15.0. The second kappa shape index (κ2) is 13.9. The van der Waals surface area contributed by atoms with Crippen molar-refractivity contribution in [2.24, 2.45) is 0 Å². The smallest absolute Gasteiger partial charge is 0.0465 e. The van der Waals surface area contributed by atoms with Crippen molar-refractivity contribution >= 4 is 27.8 Å². The van der Waals surface area contributed by atoms with E-state index in [0.29, 0.717) is 0 Å². The Morgan fingerprint density at radius 1 is 0.277 bits per heavy atom. The molecule has 0 N–H and O–H groups in total. The van der Waals surface area contributed by atoms with Gasteiger partial charge in [-0.2, -0.15) is 0 Å². The van der Waals surface area contributed by atoms with Gasteiger partial charge in [0.1, 0.15) is 0 Å². The summed E-state index contributed by atoms with van der Waals surface area (Å²) in [6.45, 7) is 9.49. The molecule has 0 fully saturated rings. The molecule has 65 heavy (non-hydrogen) atoms. The number of hydrogen-bond donors (Lipinski definition) is 0. The lowest BCUT2D eigenvalue weighted by Gasteiger charge is -2.30. The number of rotatable bonds is 6. The van der Waals surface area contributed by atoms with Crippen LogP contribution in [0.3, 0.4) is 0 Å². The quantitative estimate of drug-likeness (QED) is 0.161. The van der Waals surface area contributed by atoms with Gasteiger partial charge in [0.15, 0.2) is 0 Å². The first-order valence-electron chi connectivity index (χ1n) is 23.0. The highest BCUT2D eigenvalue weighted by molar-refractivity contribution is 6.18. The topological polar surface area (TPSA) is 3.24 Å². The Bertz CT molecular complexity index is 3480. The molecule has 0 saturated carbocycles. The molecule has 308 valence electrons. The fourth-order valence-corrected chi connectivity index (χ4v) is 11.8. The maximum Gasteiger partial charge on any atom is 0.0465 e. The molecule has 10 aromatic carbocycles. The van der Waals surface area contributed by atoms with Crippen LogP contribution in [-0.2, 0) is 10.8 Å². The third kappa shape index (κ3) is 5.52. The van der Waals surface area contributed by atoms with Gasteiger partial charge in [-0.3, -0.25) is 0 Å². The van der Waals surface area contributed by atoms with Gasteiger partial charge >= 0.3 is 0 Å². The Kier molecular flexibility index (Phi) is 8.07. The highest BCUT2D eigenvalue weighted by Gasteiger charge is 2.38. The van der Waals surface area contributed by atoms with Crippen molar-refractivity contribution in [3.8, 4) is 77.9 Å². The summed E-state index contributed by atoms with van der Waals surface area (Å²) in [5.41, 5.74) is 26.6. The molecular formula is C64H47N. The SMILES string of the molecule is CC1(C)c2ccccc2-c2ccc(N(c3ccc(-c4cc(-c5ccccc5)ccc4-c4cccc5c4-c4cccc6cccc-5c46)cc3)c3ccc4c(c3)C(C)(C)c3ccccc3-4)cc21. The first kappa shape index (κ1) is 37.8. The van der Waals surface area contributed by atoms with Gasteiger partial charge in [-0.1, -0.05) is 198 Å². The van der Waals surface area contributed by atoms with Crippen molar-refractivity contribution in [2.45, 2.75) is 38.5 Å². The molecule has 0 bridgehead atoms. The fraction of sp³-hybridized carbons (Fsp3) is 0.0938. The van der Waals surface area contributed by atoms with Gasteiger partial charge in [-0.25, -0.2) is 0 Å². The zero-order valence-electron chi connectivity index (χ0n) is 37.2. The van der Waals surface area contributed by atoms with Gasteiger partial charge in [0.2, 0.25) is 0 Å². The molecule has 0 atom stereocenters. The van der Waals surface area contributed by atoms with Crippen molar-refractivity contribution < 1.29 is 0 Å². The predicted molar refractivity (Wildman–Crippen MR) is 274 cm³/mol. The fourth-order valence-electron chi connectivity index (χ4n) is 11.8. The van der Waals surface area contributed by atoms with Crippen LogP contribution in [0, 0.1) is 0 Å². The monoisotopic (exact) mass is 829 g/mol. The second-order valence-electron chi connectivity index (χ2n) is 19.2. The van der Waals surface area contributed by atoms with Gasteiger partial charge in [-0.05, 0) is 153 Å². The van der Waals surface area contributed by atoms with E-state index in [9.17, 15) is 0 Å². The van der Waals surface area contributed by atoms with E-state index in [4.69, 9.17) is 0 Å². The summed E-state index contributed by atoms with van der Waals surface area (Å²) in [4.78, 5) is 2.48. The molecule has 0 spiro atoms. The zero-order valence-corrected chi connectivity index (χ0v) is 37.2. The van der Waals surface area contributed by atoms with Crippen molar-refractivity contribution in [2.75, 3.05) is 4.90 Å². The predicted octanol–water partition coefficient (Wildman–Crippen LogP) is 17.6. The van der Waals surface area contributed by atoms with E-state index in [1.807, 2.05) is 0 Å². The average Bonchev–Trinajstić information content (AvgIpc) is 3.89. The van der Waals surface area contributed by atoms with E-state index < -0.39 is 0 Å². The van der Waals surface area contributed by atoms with E-state index in [2.05, 4.69) is 245 Å².